The van der Waals surface area contributed by atoms with Gasteiger partial charge in [-0.05, 0) is 50.2 Å². The number of carbonyl (C=O) groups is 2. The number of benzene rings is 2. The van der Waals surface area contributed by atoms with Crippen molar-refractivity contribution in [2.24, 2.45) is 0 Å². The number of rotatable bonds is 3. The van der Waals surface area contributed by atoms with E-state index in [0.29, 0.717) is 24.2 Å². The molecule has 1 fully saturated rings. The molecule has 1 aliphatic rings. The minimum atomic E-state index is -0.132. The van der Waals surface area contributed by atoms with E-state index in [1.54, 1.807) is 30.0 Å². The lowest BCUT2D eigenvalue weighted by molar-refractivity contribution is 0.0743. The fraction of sp³-hybridized carbons (Fsp3) is 0.300. The zero-order valence-corrected chi connectivity index (χ0v) is 14.5. The highest BCUT2D eigenvalue weighted by molar-refractivity contribution is 5.97. The molecule has 0 atom stereocenters. The third-order valence-corrected chi connectivity index (χ3v) is 4.59. The summed E-state index contributed by atoms with van der Waals surface area (Å²) in [6.45, 7) is 6.09. The number of hydrogen-bond acceptors (Lipinski definition) is 4. The maximum absolute atomic E-state index is 12.6. The van der Waals surface area contributed by atoms with Gasteiger partial charge in [-0.2, -0.15) is 0 Å². The zero-order chi connectivity index (χ0) is 18.0. The van der Waals surface area contributed by atoms with Crippen molar-refractivity contribution < 1.29 is 14.7 Å². The van der Waals surface area contributed by atoms with Crippen LogP contribution in [0.25, 0.3) is 0 Å². The van der Waals surface area contributed by atoms with Gasteiger partial charge in [-0.3, -0.25) is 9.59 Å². The van der Waals surface area contributed by atoms with Crippen molar-refractivity contribution in [1.29, 1.82) is 0 Å². The van der Waals surface area contributed by atoms with Crippen LogP contribution in [0, 0.1) is 6.92 Å². The summed E-state index contributed by atoms with van der Waals surface area (Å²) >= 11 is 0. The lowest BCUT2D eigenvalue weighted by Gasteiger charge is -2.36. The fourth-order valence-corrected chi connectivity index (χ4v) is 3.07. The molecule has 0 spiro atoms. The largest absolute Gasteiger partial charge is 0.507 e. The highest BCUT2D eigenvalue weighted by Crippen LogP contribution is 2.22. The molecule has 2 aromatic rings. The van der Waals surface area contributed by atoms with Crippen LogP contribution in [0.1, 0.15) is 33.2 Å². The Labute approximate surface area is 147 Å². The van der Waals surface area contributed by atoms with Gasteiger partial charge in [0.25, 0.3) is 5.91 Å². The number of carbonyl (C=O) groups excluding carboxylic acids is 2. The molecule has 1 saturated heterocycles. The number of anilines is 1. The Morgan fingerprint density at radius 3 is 2.20 bits per heavy atom. The Kier molecular flexibility index (Phi) is 4.74. The first-order chi connectivity index (χ1) is 12.0. The minimum Gasteiger partial charge on any atom is -0.507 e. The molecule has 0 unspecified atom stereocenters. The highest BCUT2D eigenvalue weighted by atomic mass is 16.3. The highest BCUT2D eigenvalue weighted by Gasteiger charge is 2.24. The quantitative estimate of drug-likeness (QED) is 0.874. The molecular weight excluding hydrogens is 316 g/mol. The Hall–Kier alpha value is -2.82. The van der Waals surface area contributed by atoms with Gasteiger partial charge in [0.15, 0.2) is 5.78 Å². The smallest absolute Gasteiger partial charge is 0.257 e. The summed E-state index contributed by atoms with van der Waals surface area (Å²) in [4.78, 5) is 28.0. The van der Waals surface area contributed by atoms with Gasteiger partial charge in [0.2, 0.25) is 0 Å². The second kappa shape index (κ2) is 6.97. The maximum atomic E-state index is 12.6. The van der Waals surface area contributed by atoms with E-state index >= 15 is 0 Å². The lowest BCUT2D eigenvalue weighted by atomic mass is 10.1. The number of amides is 1. The van der Waals surface area contributed by atoms with Gasteiger partial charge in [0.1, 0.15) is 5.75 Å². The number of Topliss-reactive ketones (excluding diaryl/α,β-unsaturated/α-hetero) is 1. The molecule has 0 radical (unpaired) electrons. The van der Waals surface area contributed by atoms with Gasteiger partial charge in [0.05, 0.1) is 5.56 Å². The molecule has 0 aliphatic carbocycles. The summed E-state index contributed by atoms with van der Waals surface area (Å²) in [5, 5.41) is 9.95. The number of nitrogens with zero attached hydrogens (tertiary/aromatic N) is 2. The van der Waals surface area contributed by atoms with Crippen molar-refractivity contribution in [2.75, 3.05) is 31.1 Å². The normalized spacial score (nSPS) is 14.5. The van der Waals surface area contributed by atoms with Crippen molar-refractivity contribution >= 4 is 17.4 Å². The molecule has 1 aliphatic heterocycles. The minimum absolute atomic E-state index is 0.0258. The first-order valence-corrected chi connectivity index (χ1v) is 8.40. The zero-order valence-electron chi connectivity index (χ0n) is 14.5. The summed E-state index contributed by atoms with van der Waals surface area (Å²) in [5.74, 6) is -0.0504. The third-order valence-electron chi connectivity index (χ3n) is 4.59. The van der Waals surface area contributed by atoms with Crippen LogP contribution in [0.4, 0.5) is 5.69 Å². The first-order valence-electron chi connectivity index (χ1n) is 8.40. The molecule has 0 saturated carbocycles. The van der Waals surface area contributed by atoms with Crippen LogP contribution in [0.2, 0.25) is 0 Å². The van der Waals surface area contributed by atoms with E-state index < -0.39 is 0 Å². The van der Waals surface area contributed by atoms with E-state index in [1.807, 2.05) is 31.2 Å². The number of hydrogen-bond donors (Lipinski definition) is 1. The van der Waals surface area contributed by atoms with Crippen molar-refractivity contribution in [3.8, 4) is 5.75 Å². The van der Waals surface area contributed by atoms with Gasteiger partial charge < -0.3 is 14.9 Å². The van der Waals surface area contributed by atoms with Gasteiger partial charge in [-0.15, -0.1) is 0 Å². The lowest BCUT2D eigenvalue weighted by Crippen LogP contribution is -2.48. The van der Waals surface area contributed by atoms with Crippen LogP contribution in [-0.2, 0) is 0 Å². The van der Waals surface area contributed by atoms with Gasteiger partial charge >= 0.3 is 0 Å². The molecule has 0 bridgehead atoms. The van der Waals surface area contributed by atoms with Crippen molar-refractivity contribution in [2.45, 2.75) is 13.8 Å². The predicted molar refractivity (Wildman–Crippen MR) is 97.4 cm³/mol. The van der Waals surface area contributed by atoms with Gasteiger partial charge in [0, 0.05) is 37.4 Å². The molecule has 1 N–H and O–H groups in total. The number of aromatic hydroxyl groups is 1. The Balaban J connectivity index is 1.66. The molecule has 1 amide bonds. The molecule has 2 aromatic carbocycles. The van der Waals surface area contributed by atoms with Crippen LogP contribution in [-0.4, -0.2) is 47.9 Å². The number of ketones is 1. The van der Waals surface area contributed by atoms with E-state index in [4.69, 9.17) is 0 Å². The van der Waals surface area contributed by atoms with E-state index in [1.165, 1.54) is 0 Å². The molecule has 130 valence electrons. The van der Waals surface area contributed by atoms with E-state index in [2.05, 4.69) is 4.90 Å². The molecule has 0 aromatic heterocycles. The molecule has 5 nitrogen and oxygen atoms in total. The number of phenolic OH excluding ortho intramolecular Hbond substituents is 1. The second-order valence-corrected chi connectivity index (χ2v) is 6.40. The third kappa shape index (κ3) is 3.65. The SMILES string of the molecule is CC(=O)c1ccc(N2CCN(C(=O)c3cc(C)ccc3O)CC2)cc1. The van der Waals surface area contributed by atoms with Crippen molar-refractivity contribution in [1.82, 2.24) is 4.90 Å². The van der Waals surface area contributed by atoms with Crippen LogP contribution < -0.4 is 4.90 Å². The summed E-state index contributed by atoms with van der Waals surface area (Å²) in [6.07, 6.45) is 0. The van der Waals surface area contributed by atoms with E-state index in [0.717, 1.165) is 24.3 Å². The Bertz CT molecular complexity index is 791. The topological polar surface area (TPSA) is 60.9 Å². The maximum Gasteiger partial charge on any atom is 0.257 e. The molecule has 25 heavy (non-hydrogen) atoms. The van der Waals surface area contributed by atoms with Crippen LogP contribution in [0.3, 0.4) is 0 Å². The number of phenols is 1. The van der Waals surface area contributed by atoms with Crippen molar-refractivity contribution in [3.63, 3.8) is 0 Å². The Morgan fingerprint density at radius 1 is 0.960 bits per heavy atom. The molecule has 3 rings (SSSR count). The number of aryl methyl sites for hydroxylation is 1. The molecule has 1 heterocycles. The summed E-state index contributed by atoms with van der Waals surface area (Å²) in [7, 11) is 0. The Morgan fingerprint density at radius 2 is 1.60 bits per heavy atom. The van der Waals surface area contributed by atoms with Gasteiger partial charge in [-0.1, -0.05) is 11.6 Å². The fourth-order valence-electron chi connectivity index (χ4n) is 3.07. The van der Waals surface area contributed by atoms with Crippen molar-refractivity contribution in [3.05, 3.63) is 59.2 Å². The molecule has 5 heteroatoms. The second-order valence-electron chi connectivity index (χ2n) is 6.40. The average molecular weight is 338 g/mol. The summed E-state index contributed by atoms with van der Waals surface area (Å²) < 4.78 is 0. The monoisotopic (exact) mass is 338 g/mol. The molecular formula is C20H22N2O3. The summed E-state index contributed by atoms with van der Waals surface area (Å²) in [6, 6.07) is 12.6. The predicted octanol–water partition coefficient (Wildman–Crippen LogP) is 2.87. The first kappa shape index (κ1) is 17.0. The number of piperazine rings is 1. The van der Waals surface area contributed by atoms with E-state index in [-0.39, 0.29) is 17.4 Å². The average Bonchev–Trinajstić information content (AvgIpc) is 2.63. The van der Waals surface area contributed by atoms with Crippen LogP contribution >= 0.6 is 0 Å². The summed E-state index contributed by atoms with van der Waals surface area (Å²) in [5.41, 5.74) is 3.06. The van der Waals surface area contributed by atoms with Gasteiger partial charge in [-0.25, -0.2) is 0 Å². The van der Waals surface area contributed by atoms with E-state index in [9.17, 15) is 14.7 Å². The standard InChI is InChI=1S/C20H22N2O3/c1-14-3-8-19(24)18(13-14)20(25)22-11-9-21(10-12-22)17-6-4-16(5-7-17)15(2)23/h3-8,13,24H,9-12H2,1-2H3. The van der Waals surface area contributed by atoms with Crippen LogP contribution in [0.5, 0.6) is 5.75 Å². The van der Waals surface area contributed by atoms with Crippen LogP contribution in [0.15, 0.2) is 42.5 Å².